The van der Waals surface area contributed by atoms with Crippen LogP contribution in [0.1, 0.15) is 5.56 Å². The van der Waals surface area contributed by atoms with Crippen molar-refractivity contribution >= 4 is 23.3 Å². The number of benzene rings is 2. The molecular weight excluding hydrogens is 312 g/mol. The SMILES string of the molecule is COc1cccc(N(C(N)=O)C(=N/O)/C(=N/O)c2ccccc2)c1. The number of nitrogens with zero attached hydrogens (tertiary/aromatic N) is 3. The molecule has 0 radical (unpaired) electrons. The summed E-state index contributed by atoms with van der Waals surface area (Å²) in [6.07, 6.45) is 0. The normalized spacial score (nSPS) is 11.9. The summed E-state index contributed by atoms with van der Waals surface area (Å²) >= 11 is 0. The smallest absolute Gasteiger partial charge is 0.325 e. The molecule has 0 heterocycles. The number of carbonyl (C=O) groups excluding carboxylic acids is 1. The van der Waals surface area contributed by atoms with Gasteiger partial charge in [-0.25, -0.2) is 9.69 Å². The highest BCUT2D eigenvalue weighted by Crippen LogP contribution is 2.22. The maximum absolute atomic E-state index is 11.9. The Labute approximate surface area is 138 Å². The van der Waals surface area contributed by atoms with E-state index < -0.39 is 6.03 Å². The van der Waals surface area contributed by atoms with E-state index in [0.717, 1.165) is 4.90 Å². The minimum atomic E-state index is -0.923. The minimum Gasteiger partial charge on any atom is -0.497 e. The van der Waals surface area contributed by atoms with Crippen LogP contribution < -0.4 is 15.4 Å². The highest BCUT2D eigenvalue weighted by Gasteiger charge is 2.26. The first-order valence-electron chi connectivity index (χ1n) is 6.86. The molecule has 2 rings (SSSR count). The third kappa shape index (κ3) is 3.43. The van der Waals surface area contributed by atoms with Gasteiger partial charge in [0, 0.05) is 11.6 Å². The summed E-state index contributed by atoms with van der Waals surface area (Å²) in [6, 6.07) is 13.9. The second-order valence-electron chi connectivity index (χ2n) is 4.61. The van der Waals surface area contributed by atoms with Gasteiger partial charge in [-0.1, -0.05) is 46.7 Å². The van der Waals surface area contributed by atoms with Gasteiger partial charge in [0.05, 0.1) is 12.8 Å². The number of oxime groups is 2. The number of urea groups is 1. The summed E-state index contributed by atoms with van der Waals surface area (Å²) in [4.78, 5) is 12.8. The maximum Gasteiger partial charge on any atom is 0.325 e. The molecule has 2 amide bonds. The molecule has 24 heavy (non-hydrogen) atoms. The van der Waals surface area contributed by atoms with Gasteiger partial charge in [0.2, 0.25) is 5.84 Å². The van der Waals surface area contributed by atoms with Crippen LogP contribution in [0.15, 0.2) is 64.9 Å². The van der Waals surface area contributed by atoms with Gasteiger partial charge in [-0.2, -0.15) is 0 Å². The molecule has 0 aliphatic heterocycles. The number of methoxy groups -OCH3 is 1. The topological polar surface area (TPSA) is 121 Å². The molecule has 4 N–H and O–H groups in total. The van der Waals surface area contributed by atoms with E-state index >= 15 is 0 Å². The van der Waals surface area contributed by atoms with Gasteiger partial charge < -0.3 is 20.9 Å². The molecule has 0 fully saturated rings. The van der Waals surface area contributed by atoms with Crippen LogP contribution in [0, 0.1) is 0 Å². The predicted molar refractivity (Wildman–Crippen MR) is 89.0 cm³/mol. The first kappa shape index (κ1) is 16.8. The number of hydrogen-bond donors (Lipinski definition) is 3. The number of carbonyl (C=O) groups is 1. The van der Waals surface area contributed by atoms with Crippen LogP contribution in [0.25, 0.3) is 0 Å². The van der Waals surface area contributed by atoms with E-state index in [-0.39, 0.29) is 17.2 Å². The average Bonchev–Trinajstić information content (AvgIpc) is 2.62. The molecule has 0 atom stereocenters. The lowest BCUT2D eigenvalue weighted by atomic mass is 10.1. The third-order valence-corrected chi connectivity index (χ3v) is 3.20. The van der Waals surface area contributed by atoms with Crippen LogP contribution in [0.5, 0.6) is 5.75 Å². The number of rotatable bonds is 4. The van der Waals surface area contributed by atoms with Crippen molar-refractivity contribution in [3.8, 4) is 5.75 Å². The van der Waals surface area contributed by atoms with Crippen LogP contribution >= 0.6 is 0 Å². The second-order valence-corrected chi connectivity index (χ2v) is 4.61. The fraction of sp³-hybridized carbons (Fsp3) is 0.0625. The Balaban J connectivity index is 2.54. The van der Waals surface area contributed by atoms with E-state index in [0.29, 0.717) is 11.3 Å². The number of amidine groups is 1. The average molecular weight is 328 g/mol. The van der Waals surface area contributed by atoms with Gasteiger partial charge in [0.25, 0.3) is 0 Å². The van der Waals surface area contributed by atoms with Gasteiger partial charge in [0.15, 0.2) is 5.71 Å². The molecule has 0 bridgehead atoms. The largest absolute Gasteiger partial charge is 0.497 e. The number of primary amides is 1. The minimum absolute atomic E-state index is 0.125. The lowest BCUT2D eigenvalue weighted by Crippen LogP contribution is -2.45. The molecule has 2 aromatic carbocycles. The zero-order chi connectivity index (χ0) is 17.5. The summed E-state index contributed by atoms with van der Waals surface area (Å²) < 4.78 is 5.11. The van der Waals surface area contributed by atoms with Crippen LogP contribution in [0.2, 0.25) is 0 Å². The van der Waals surface area contributed by atoms with E-state index in [2.05, 4.69) is 10.3 Å². The lowest BCUT2D eigenvalue weighted by molar-refractivity contribution is 0.256. The molecular formula is C16H16N4O4. The van der Waals surface area contributed by atoms with Crippen molar-refractivity contribution in [2.45, 2.75) is 0 Å². The Morgan fingerprint density at radius 2 is 1.79 bits per heavy atom. The quantitative estimate of drug-likeness (QED) is 0.345. The van der Waals surface area contributed by atoms with E-state index in [1.165, 1.54) is 13.2 Å². The zero-order valence-electron chi connectivity index (χ0n) is 12.8. The van der Waals surface area contributed by atoms with E-state index in [4.69, 9.17) is 10.5 Å². The number of amides is 2. The van der Waals surface area contributed by atoms with Crippen molar-refractivity contribution in [3.63, 3.8) is 0 Å². The maximum atomic E-state index is 11.9. The number of hydrogen-bond acceptors (Lipinski definition) is 6. The van der Waals surface area contributed by atoms with Crippen molar-refractivity contribution < 1.29 is 19.9 Å². The highest BCUT2D eigenvalue weighted by molar-refractivity contribution is 6.54. The summed E-state index contributed by atoms with van der Waals surface area (Å²) in [5.74, 6) is 0.141. The van der Waals surface area contributed by atoms with Crippen molar-refractivity contribution in [1.82, 2.24) is 0 Å². The molecule has 124 valence electrons. The van der Waals surface area contributed by atoms with Crippen molar-refractivity contribution in [2.75, 3.05) is 12.0 Å². The fourth-order valence-corrected chi connectivity index (χ4v) is 2.13. The van der Waals surface area contributed by atoms with E-state index in [9.17, 15) is 15.2 Å². The molecule has 8 nitrogen and oxygen atoms in total. The molecule has 0 saturated heterocycles. The summed E-state index contributed by atoms with van der Waals surface area (Å²) in [6.45, 7) is 0. The molecule has 0 spiro atoms. The summed E-state index contributed by atoms with van der Waals surface area (Å²) in [7, 11) is 1.47. The lowest BCUT2D eigenvalue weighted by Gasteiger charge is -2.22. The van der Waals surface area contributed by atoms with Gasteiger partial charge >= 0.3 is 6.03 Å². The van der Waals surface area contributed by atoms with Crippen LogP contribution in [-0.2, 0) is 0 Å². The third-order valence-electron chi connectivity index (χ3n) is 3.20. The fourth-order valence-electron chi connectivity index (χ4n) is 2.13. The van der Waals surface area contributed by atoms with Gasteiger partial charge in [-0.3, -0.25) is 0 Å². The molecule has 8 heteroatoms. The molecule has 0 saturated carbocycles. The Morgan fingerprint density at radius 3 is 2.33 bits per heavy atom. The molecule has 0 aromatic heterocycles. The second kappa shape index (κ2) is 7.63. The number of nitrogens with two attached hydrogens (primary N) is 1. The van der Waals surface area contributed by atoms with Crippen molar-refractivity contribution in [3.05, 3.63) is 60.2 Å². The number of ether oxygens (including phenoxy) is 1. The molecule has 0 aliphatic rings. The molecule has 0 aliphatic carbocycles. The van der Waals surface area contributed by atoms with Crippen molar-refractivity contribution in [1.29, 1.82) is 0 Å². The Morgan fingerprint density at radius 1 is 1.08 bits per heavy atom. The van der Waals surface area contributed by atoms with Crippen LogP contribution in [-0.4, -0.2) is 35.1 Å². The molecule has 0 unspecified atom stereocenters. The van der Waals surface area contributed by atoms with Crippen molar-refractivity contribution in [2.24, 2.45) is 16.0 Å². The highest BCUT2D eigenvalue weighted by atomic mass is 16.5. The first-order valence-corrected chi connectivity index (χ1v) is 6.86. The zero-order valence-corrected chi connectivity index (χ0v) is 12.8. The van der Waals surface area contributed by atoms with Crippen LogP contribution in [0.3, 0.4) is 0 Å². The van der Waals surface area contributed by atoms with Gasteiger partial charge in [-0.15, -0.1) is 0 Å². The van der Waals surface area contributed by atoms with Gasteiger partial charge in [-0.05, 0) is 12.1 Å². The van der Waals surface area contributed by atoms with Crippen LogP contribution in [0.4, 0.5) is 10.5 Å². The van der Waals surface area contributed by atoms with Gasteiger partial charge in [0.1, 0.15) is 5.75 Å². The summed E-state index contributed by atoms with van der Waals surface area (Å²) in [5.41, 5.74) is 6.02. The van der Waals surface area contributed by atoms with E-state index in [1.54, 1.807) is 48.5 Å². The Kier molecular flexibility index (Phi) is 5.35. The van der Waals surface area contributed by atoms with E-state index in [1.807, 2.05) is 0 Å². The first-order chi connectivity index (χ1) is 11.6. The number of anilines is 1. The summed E-state index contributed by atoms with van der Waals surface area (Å²) in [5, 5.41) is 25.0. The Bertz CT molecular complexity index is 775. The standard InChI is InChI=1S/C16H16N4O4/c1-24-13-9-5-8-12(10-13)20(16(17)21)15(19-23)14(18-22)11-6-3-2-4-7-11/h2-10,22-23H,1H3,(H2,17,21)/b18-14+,19-15+. The Hall–Kier alpha value is -3.55. The molecule has 2 aromatic rings. The monoisotopic (exact) mass is 328 g/mol. The predicted octanol–water partition coefficient (Wildman–Crippen LogP) is 2.25.